The maximum absolute atomic E-state index is 13.8. The van der Waals surface area contributed by atoms with Crippen LogP contribution in [0.5, 0.6) is 0 Å². The number of rotatable bonds is 5. The Kier molecular flexibility index (Phi) is 7.16. The van der Waals surface area contributed by atoms with Crippen molar-refractivity contribution in [2.45, 2.75) is 65.7 Å². The molecule has 0 saturated carbocycles. The van der Waals surface area contributed by atoms with E-state index in [0.717, 1.165) is 23.1 Å². The molecule has 0 atom stereocenters. The first kappa shape index (κ1) is 25.4. The molecular weight excluding hydrogens is 420 g/mol. The van der Waals surface area contributed by atoms with Gasteiger partial charge in [0.05, 0.1) is 12.7 Å². The summed E-state index contributed by atoms with van der Waals surface area (Å²) in [5.74, 6) is -0.475. The first-order valence-electron chi connectivity index (χ1n) is 11.9. The molecule has 3 nitrogen and oxygen atoms in total. The zero-order valence-electron chi connectivity index (χ0n) is 21.7. The number of carbonyl (C=O) groups excluding carboxylic acids is 2. The number of benzene rings is 3. The summed E-state index contributed by atoms with van der Waals surface area (Å²) < 4.78 is 4.79. The van der Waals surface area contributed by atoms with Gasteiger partial charge < -0.3 is 4.74 Å². The Hall–Kier alpha value is -3.20. The van der Waals surface area contributed by atoms with Gasteiger partial charge in [0.25, 0.3) is 0 Å². The summed E-state index contributed by atoms with van der Waals surface area (Å²) in [7, 11) is 1.35. The highest BCUT2D eigenvalue weighted by molar-refractivity contribution is 6.13. The van der Waals surface area contributed by atoms with E-state index >= 15 is 0 Å². The Labute approximate surface area is 204 Å². The number of methoxy groups -OCH3 is 1. The van der Waals surface area contributed by atoms with Crippen LogP contribution in [-0.4, -0.2) is 18.9 Å². The van der Waals surface area contributed by atoms with Crippen LogP contribution in [0.1, 0.15) is 91.4 Å². The van der Waals surface area contributed by atoms with Crippen LogP contribution in [0.4, 0.5) is 0 Å². The molecule has 0 saturated heterocycles. The van der Waals surface area contributed by atoms with E-state index in [9.17, 15) is 9.59 Å². The van der Waals surface area contributed by atoms with Crippen molar-refractivity contribution in [3.8, 4) is 11.1 Å². The molecule has 0 fully saturated rings. The second kappa shape index (κ2) is 9.58. The highest BCUT2D eigenvalue weighted by atomic mass is 16.5. The van der Waals surface area contributed by atoms with Gasteiger partial charge in [0, 0.05) is 11.1 Å². The predicted octanol–water partition coefficient (Wildman–Crippen LogP) is 7.53. The van der Waals surface area contributed by atoms with E-state index in [4.69, 9.17) is 4.74 Å². The molecule has 178 valence electrons. The van der Waals surface area contributed by atoms with Crippen LogP contribution in [0, 0.1) is 0 Å². The molecule has 3 aromatic carbocycles. The highest BCUT2D eigenvalue weighted by Gasteiger charge is 2.22. The maximum atomic E-state index is 13.8. The molecule has 3 aromatic rings. The van der Waals surface area contributed by atoms with Crippen molar-refractivity contribution in [3.63, 3.8) is 0 Å². The molecular formula is C31H36O3. The lowest BCUT2D eigenvalue weighted by molar-refractivity contribution is 0.0600. The molecule has 3 rings (SSSR count). The van der Waals surface area contributed by atoms with E-state index in [1.54, 1.807) is 24.3 Å². The van der Waals surface area contributed by atoms with E-state index in [2.05, 4.69) is 78.8 Å². The lowest BCUT2D eigenvalue weighted by atomic mass is 9.80. The van der Waals surface area contributed by atoms with Crippen LogP contribution in [0.2, 0.25) is 0 Å². The third kappa shape index (κ3) is 5.47. The van der Waals surface area contributed by atoms with Gasteiger partial charge in [-0.15, -0.1) is 0 Å². The first-order valence-corrected chi connectivity index (χ1v) is 11.9. The van der Waals surface area contributed by atoms with Crippen LogP contribution in [-0.2, 0) is 22.0 Å². The van der Waals surface area contributed by atoms with Crippen molar-refractivity contribution in [1.82, 2.24) is 0 Å². The number of hydrogen-bond donors (Lipinski definition) is 0. The highest BCUT2D eigenvalue weighted by Crippen LogP contribution is 2.35. The Morgan fingerprint density at radius 3 is 1.85 bits per heavy atom. The van der Waals surface area contributed by atoms with Gasteiger partial charge in [0.2, 0.25) is 0 Å². The molecule has 3 heteroatoms. The zero-order chi connectivity index (χ0) is 25.3. The van der Waals surface area contributed by atoms with Crippen LogP contribution in [0.25, 0.3) is 11.1 Å². The Balaban J connectivity index is 2.21. The minimum atomic E-state index is -0.416. The maximum Gasteiger partial charge on any atom is 0.337 e. The van der Waals surface area contributed by atoms with Crippen molar-refractivity contribution in [1.29, 1.82) is 0 Å². The number of esters is 1. The SMILES string of the molecule is CCc1cc(-c2ccc(C(C)(C)C)cc2C(=O)c2ccc(C(=O)OC)cc2)cc(C(C)(C)C)c1. The van der Waals surface area contributed by atoms with Crippen molar-refractivity contribution >= 4 is 11.8 Å². The molecule has 0 radical (unpaired) electrons. The van der Waals surface area contributed by atoms with E-state index in [-0.39, 0.29) is 16.6 Å². The van der Waals surface area contributed by atoms with Gasteiger partial charge in [-0.3, -0.25) is 4.79 Å². The number of carbonyl (C=O) groups is 2. The number of ketones is 1. The molecule has 0 unspecified atom stereocenters. The van der Waals surface area contributed by atoms with Crippen molar-refractivity contribution in [3.05, 3.63) is 94.0 Å². The van der Waals surface area contributed by atoms with E-state index in [1.807, 2.05) is 6.07 Å². The second-order valence-electron chi connectivity index (χ2n) is 10.9. The fraction of sp³-hybridized carbons (Fsp3) is 0.355. The topological polar surface area (TPSA) is 43.4 Å². The Morgan fingerprint density at radius 2 is 1.32 bits per heavy atom. The van der Waals surface area contributed by atoms with E-state index in [1.165, 1.54) is 18.2 Å². The lowest BCUT2D eigenvalue weighted by Gasteiger charge is -2.24. The largest absolute Gasteiger partial charge is 0.465 e. The molecule has 0 bridgehead atoms. The van der Waals surface area contributed by atoms with Gasteiger partial charge in [-0.05, 0) is 63.3 Å². The zero-order valence-corrected chi connectivity index (χ0v) is 21.7. The molecule has 0 spiro atoms. The predicted molar refractivity (Wildman–Crippen MR) is 140 cm³/mol. The third-order valence-electron chi connectivity index (χ3n) is 6.28. The molecule has 0 aliphatic carbocycles. The van der Waals surface area contributed by atoms with Gasteiger partial charge in [-0.25, -0.2) is 4.79 Å². The summed E-state index contributed by atoms with van der Waals surface area (Å²) in [4.78, 5) is 25.6. The Bertz CT molecular complexity index is 1200. The van der Waals surface area contributed by atoms with E-state index < -0.39 is 5.97 Å². The number of aryl methyl sites for hydroxylation is 1. The van der Waals surface area contributed by atoms with Gasteiger partial charge in [0.15, 0.2) is 5.78 Å². The molecule has 0 heterocycles. The van der Waals surface area contributed by atoms with Gasteiger partial charge in [-0.2, -0.15) is 0 Å². The normalized spacial score (nSPS) is 11.9. The van der Waals surface area contributed by atoms with Crippen LogP contribution >= 0.6 is 0 Å². The van der Waals surface area contributed by atoms with Gasteiger partial charge in [-0.1, -0.05) is 90.9 Å². The molecule has 0 aliphatic rings. The van der Waals surface area contributed by atoms with Crippen LogP contribution in [0.3, 0.4) is 0 Å². The van der Waals surface area contributed by atoms with Crippen LogP contribution < -0.4 is 0 Å². The minimum Gasteiger partial charge on any atom is -0.465 e. The van der Waals surface area contributed by atoms with Crippen molar-refractivity contribution in [2.75, 3.05) is 7.11 Å². The Morgan fingerprint density at radius 1 is 0.735 bits per heavy atom. The quantitative estimate of drug-likeness (QED) is 0.294. The lowest BCUT2D eigenvalue weighted by Crippen LogP contribution is -2.14. The summed E-state index contributed by atoms with van der Waals surface area (Å²) in [6.45, 7) is 15.2. The average Bonchev–Trinajstić information content (AvgIpc) is 2.81. The molecule has 0 aromatic heterocycles. The van der Waals surface area contributed by atoms with Crippen LogP contribution in [0.15, 0.2) is 60.7 Å². The first-order chi connectivity index (χ1) is 15.8. The summed E-state index contributed by atoms with van der Waals surface area (Å²) in [5, 5.41) is 0. The average molecular weight is 457 g/mol. The fourth-order valence-electron chi connectivity index (χ4n) is 3.97. The molecule has 34 heavy (non-hydrogen) atoms. The summed E-state index contributed by atoms with van der Waals surface area (Å²) in [5.41, 5.74) is 7.14. The molecule has 0 aliphatic heterocycles. The van der Waals surface area contributed by atoms with Gasteiger partial charge in [0.1, 0.15) is 0 Å². The fourth-order valence-corrected chi connectivity index (χ4v) is 3.97. The number of hydrogen-bond acceptors (Lipinski definition) is 3. The molecule has 0 amide bonds. The summed E-state index contributed by atoms with van der Waals surface area (Å²) >= 11 is 0. The van der Waals surface area contributed by atoms with E-state index in [0.29, 0.717) is 16.7 Å². The molecule has 0 N–H and O–H groups in total. The van der Waals surface area contributed by atoms with Crippen molar-refractivity contribution < 1.29 is 14.3 Å². The smallest absolute Gasteiger partial charge is 0.337 e. The minimum absolute atomic E-state index is 0.000824. The summed E-state index contributed by atoms with van der Waals surface area (Å²) in [6.07, 6.45) is 0.926. The standard InChI is InChI=1S/C31H36O3/c1-9-20-16-23(18-25(17-20)31(5,6)7)26-15-14-24(30(2,3)4)19-27(26)28(32)21-10-12-22(13-11-21)29(33)34-8/h10-19H,9H2,1-8H3. The monoisotopic (exact) mass is 456 g/mol. The number of ether oxygens (including phenoxy) is 1. The summed E-state index contributed by atoms with van der Waals surface area (Å²) in [6, 6.07) is 19.6. The van der Waals surface area contributed by atoms with Gasteiger partial charge >= 0.3 is 5.97 Å². The third-order valence-corrected chi connectivity index (χ3v) is 6.28. The van der Waals surface area contributed by atoms with Crippen molar-refractivity contribution in [2.24, 2.45) is 0 Å². The second-order valence-corrected chi connectivity index (χ2v) is 10.9.